The van der Waals surface area contributed by atoms with Gasteiger partial charge in [-0.15, -0.1) is 0 Å². The summed E-state index contributed by atoms with van der Waals surface area (Å²) in [7, 11) is 0. The Kier molecular flexibility index (Phi) is 6.94. The van der Waals surface area contributed by atoms with Crippen molar-refractivity contribution in [1.29, 1.82) is 0 Å². The predicted molar refractivity (Wildman–Crippen MR) is 96.5 cm³/mol. The zero-order chi connectivity index (χ0) is 18.2. The van der Waals surface area contributed by atoms with Crippen LogP contribution in [0.3, 0.4) is 0 Å². The molecular weight excluding hydrogens is 340 g/mol. The molecule has 0 aliphatic heterocycles. The molecule has 0 saturated heterocycles. The van der Waals surface area contributed by atoms with E-state index in [4.69, 9.17) is 4.74 Å². The lowest BCUT2D eigenvalue weighted by atomic mass is 10.0. The van der Waals surface area contributed by atoms with Crippen LogP contribution in [0.5, 0.6) is 0 Å². The van der Waals surface area contributed by atoms with Crippen LogP contribution >= 0.6 is 11.3 Å². The monoisotopic (exact) mass is 362 g/mol. The van der Waals surface area contributed by atoms with Gasteiger partial charge in [0.15, 0.2) is 6.61 Å². The molecule has 25 heavy (non-hydrogen) atoms. The molecule has 0 fully saturated rings. The number of aromatic nitrogens is 1. The Morgan fingerprint density at radius 1 is 1.28 bits per heavy atom. The standard InChI is InChI=1S/C18H22N2O4S/c1-3-7-15(14-8-5-4-6-9-14)19-16(21)11-24-17(22)10-20-13(2)12-25-18(20)23/h4-6,8-9,12,15H,3,7,10-11H2,1-2H3,(H,19,21)/t15-/m0/s1. The fourth-order valence-corrected chi connectivity index (χ4v) is 3.18. The maximum Gasteiger partial charge on any atom is 0.326 e. The second-order valence-electron chi connectivity index (χ2n) is 5.71. The average molecular weight is 362 g/mol. The third kappa shape index (κ3) is 5.56. The summed E-state index contributed by atoms with van der Waals surface area (Å²) in [6.07, 6.45) is 1.72. The number of carbonyl (C=O) groups excluding carboxylic acids is 2. The van der Waals surface area contributed by atoms with Crippen molar-refractivity contribution in [2.45, 2.75) is 39.3 Å². The number of amides is 1. The number of rotatable bonds is 8. The summed E-state index contributed by atoms with van der Waals surface area (Å²) >= 11 is 1.03. The Hall–Kier alpha value is -2.41. The summed E-state index contributed by atoms with van der Waals surface area (Å²) in [5, 5.41) is 4.57. The van der Waals surface area contributed by atoms with Crippen molar-refractivity contribution < 1.29 is 14.3 Å². The van der Waals surface area contributed by atoms with Gasteiger partial charge in [-0.25, -0.2) is 0 Å². The van der Waals surface area contributed by atoms with Gasteiger partial charge in [0, 0.05) is 11.1 Å². The summed E-state index contributed by atoms with van der Waals surface area (Å²) in [5.41, 5.74) is 1.72. The van der Waals surface area contributed by atoms with E-state index in [0.717, 1.165) is 29.7 Å². The SMILES string of the molecule is CCC[C@H](NC(=O)COC(=O)Cn1c(C)csc1=O)c1ccccc1. The zero-order valence-electron chi connectivity index (χ0n) is 14.4. The molecule has 0 bridgehead atoms. The predicted octanol–water partition coefficient (Wildman–Crippen LogP) is 2.42. The number of nitrogens with one attached hydrogen (secondary N) is 1. The molecule has 0 unspecified atom stereocenters. The molecular formula is C18H22N2O4S. The molecule has 0 aliphatic rings. The lowest BCUT2D eigenvalue weighted by molar-refractivity contribution is -0.149. The van der Waals surface area contributed by atoms with Crippen molar-refractivity contribution in [3.8, 4) is 0 Å². The van der Waals surface area contributed by atoms with Crippen molar-refractivity contribution in [2.75, 3.05) is 6.61 Å². The highest BCUT2D eigenvalue weighted by molar-refractivity contribution is 7.07. The third-order valence-electron chi connectivity index (χ3n) is 3.74. The minimum atomic E-state index is -0.606. The Bertz CT molecular complexity index is 767. The summed E-state index contributed by atoms with van der Waals surface area (Å²) in [5.74, 6) is -0.962. The number of thiazole rings is 1. The summed E-state index contributed by atoms with van der Waals surface area (Å²) in [6.45, 7) is 3.25. The zero-order valence-corrected chi connectivity index (χ0v) is 15.2. The molecule has 1 N–H and O–H groups in total. The Labute approximate surface area is 150 Å². The Balaban J connectivity index is 1.86. The van der Waals surface area contributed by atoms with Crippen LogP contribution in [0.2, 0.25) is 0 Å². The van der Waals surface area contributed by atoms with Crippen LogP contribution < -0.4 is 10.2 Å². The third-order valence-corrected chi connectivity index (χ3v) is 4.62. The van der Waals surface area contributed by atoms with Gasteiger partial charge in [0.05, 0.1) is 6.04 Å². The first-order chi connectivity index (χ1) is 12.0. The maximum absolute atomic E-state index is 12.1. The van der Waals surface area contributed by atoms with Crippen LogP contribution in [-0.2, 0) is 20.9 Å². The van der Waals surface area contributed by atoms with Crippen molar-refractivity contribution >= 4 is 23.2 Å². The Morgan fingerprint density at radius 2 is 2.00 bits per heavy atom. The van der Waals surface area contributed by atoms with Crippen molar-refractivity contribution in [3.05, 3.63) is 56.6 Å². The van der Waals surface area contributed by atoms with Crippen molar-refractivity contribution in [1.82, 2.24) is 9.88 Å². The van der Waals surface area contributed by atoms with Gasteiger partial charge in [-0.1, -0.05) is 55.0 Å². The van der Waals surface area contributed by atoms with Crippen LogP contribution in [0.4, 0.5) is 0 Å². The van der Waals surface area contributed by atoms with Crippen molar-refractivity contribution in [3.63, 3.8) is 0 Å². The minimum Gasteiger partial charge on any atom is -0.454 e. The molecule has 1 aromatic heterocycles. The fourth-order valence-electron chi connectivity index (χ4n) is 2.45. The quantitative estimate of drug-likeness (QED) is 0.732. The van der Waals surface area contributed by atoms with Crippen LogP contribution in [0.1, 0.15) is 37.1 Å². The second kappa shape index (κ2) is 9.17. The van der Waals surface area contributed by atoms with Gasteiger partial charge in [-0.3, -0.25) is 19.0 Å². The molecule has 1 atom stereocenters. The molecule has 0 saturated carbocycles. The molecule has 0 spiro atoms. The van der Waals surface area contributed by atoms with Gasteiger partial charge < -0.3 is 10.1 Å². The van der Waals surface area contributed by atoms with Crippen LogP contribution in [0, 0.1) is 6.92 Å². The van der Waals surface area contributed by atoms with Gasteiger partial charge in [-0.2, -0.15) is 0 Å². The average Bonchev–Trinajstić information content (AvgIpc) is 2.92. The number of hydrogen-bond acceptors (Lipinski definition) is 5. The largest absolute Gasteiger partial charge is 0.454 e. The number of aryl methyl sites for hydroxylation is 1. The number of esters is 1. The highest BCUT2D eigenvalue weighted by Gasteiger charge is 2.16. The molecule has 1 aromatic carbocycles. The fraction of sp³-hybridized carbons (Fsp3) is 0.389. The van der Waals surface area contributed by atoms with Gasteiger partial charge >= 0.3 is 10.8 Å². The Morgan fingerprint density at radius 3 is 2.60 bits per heavy atom. The number of hydrogen-bond donors (Lipinski definition) is 1. The van der Waals surface area contributed by atoms with E-state index in [1.165, 1.54) is 4.57 Å². The summed E-state index contributed by atoms with van der Waals surface area (Å²) in [6, 6.07) is 9.57. The first-order valence-electron chi connectivity index (χ1n) is 8.16. The molecule has 134 valence electrons. The second-order valence-corrected chi connectivity index (χ2v) is 6.53. The number of nitrogens with zero attached hydrogens (tertiary/aromatic N) is 1. The lowest BCUT2D eigenvalue weighted by Gasteiger charge is -2.18. The van der Waals surface area contributed by atoms with E-state index in [9.17, 15) is 14.4 Å². The molecule has 2 rings (SSSR count). The molecule has 7 heteroatoms. The number of ether oxygens (including phenoxy) is 1. The van der Waals surface area contributed by atoms with E-state index in [1.54, 1.807) is 12.3 Å². The van der Waals surface area contributed by atoms with Gasteiger partial charge in [0.25, 0.3) is 5.91 Å². The lowest BCUT2D eigenvalue weighted by Crippen LogP contribution is -2.33. The van der Waals surface area contributed by atoms with E-state index >= 15 is 0 Å². The highest BCUT2D eigenvalue weighted by Crippen LogP contribution is 2.17. The van der Waals surface area contributed by atoms with Crippen molar-refractivity contribution in [2.24, 2.45) is 0 Å². The van der Waals surface area contributed by atoms with Gasteiger partial charge in [0.2, 0.25) is 0 Å². The van der Waals surface area contributed by atoms with E-state index in [-0.39, 0.29) is 30.0 Å². The smallest absolute Gasteiger partial charge is 0.326 e. The topological polar surface area (TPSA) is 77.4 Å². The van der Waals surface area contributed by atoms with Crippen LogP contribution in [-0.4, -0.2) is 23.1 Å². The normalized spacial score (nSPS) is 11.8. The molecule has 1 amide bonds. The first-order valence-corrected chi connectivity index (χ1v) is 9.04. The number of carbonyl (C=O) groups is 2. The minimum absolute atomic E-state index is 0.112. The summed E-state index contributed by atoms with van der Waals surface area (Å²) in [4.78, 5) is 35.3. The van der Waals surface area contributed by atoms with E-state index in [1.807, 2.05) is 37.3 Å². The maximum atomic E-state index is 12.1. The van der Waals surface area contributed by atoms with Crippen LogP contribution in [0.25, 0.3) is 0 Å². The molecule has 0 radical (unpaired) electrons. The highest BCUT2D eigenvalue weighted by atomic mass is 32.1. The summed E-state index contributed by atoms with van der Waals surface area (Å²) < 4.78 is 6.32. The molecule has 1 heterocycles. The van der Waals surface area contributed by atoms with Crippen LogP contribution in [0.15, 0.2) is 40.5 Å². The number of benzene rings is 1. The molecule has 6 nitrogen and oxygen atoms in total. The van der Waals surface area contributed by atoms with E-state index in [0.29, 0.717) is 5.69 Å². The molecule has 2 aromatic rings. The van der Waals surface area contributed by atoms with Gasteiger partial charge in [0.1, 0.15) is 6.54 Å². The van der Waals surface area contributed by atoms with E-state index in [2.05, 4.69) is 5.32 Å². The molecule has 0 aliphatic carbocycles. The van der Waals surface area contributed by atoms with Gasteiger partial charge in [-0.05, 0) is 18.9 Å². The first kappa shape index (κ1) is 18.9. The van der Waals surface area contributed by atoms with E-state index < -0.39 is 5.97 Å².